The second-order valence-electron chi connectivity index (χ2n) is 7.14. The van der Waals surface area contributed by atoms with Crippen molar-refractivity contribution in [1.29, 1.82) is 0 Å². The van der Waals surface area contributed by atoms with E-state index in [0.717, 1.165) is 60.2 Å². The third-order valence-electron chi connectivity index (χ3n) is 5.50. The van der Waals surface area contributed by atoms with Crippen LogP contribution in [0, 0.1) is 0 Å². The smallest absolute Gasteiger partial charge is 0.407 e. The van der Waals surface area contributed by atoms with Gasteiger partial charge in [0.2, 0.25) is 10.0 Å². The minimum atomic E-state index is -3.90. The molecule has 0 spiro atoms. The van der Waals surface area contributed by atoms with Crippen LogP contribution < -0.4 is 10.0 Å². The van der Waals surface area contributed by atoms with Crippen LogP contribution in [0.5, 0.6) is 0 Å². The van der Waals surface area contributed by atoms with Crippen molar-refractivity contribution in [2.75, 3.05) is 18.4 Å². The first-order valence-corrected chi connectivity index (χ1v) is 10.4. The molecule has 4 rings (SSSR count). The van der Waals surface area contributed by atoms with Crippen molar-refractivity contribution < 1.29 is 23.1 Å². The Labute approximate surface area is 151 Å². The molecular formula is C17H21N3O5S. The van der Waals surface area contributed by atoms with Gasteiger partial charge in [-0.1, -0.05) is 6.07 Å². The zero-order valence-corrected chi connectivity index (χ0v) is 15.1. The van der Waals surface area contributed by atoms with Crippen molar-refractivity contribution >= 4 is 27.8 Å². The number of sulfonamides is 1. The number of nitrogens with one attached hydrogen (secondary N) is 2. The van der Waals surface area contributed by atoms with Gasteiger partial charge in [0.25, 0.3) is 0 Å². The van der Waals surface area contributed by atoms with E-state index in [1.54, 1.807) is 0 Å². The Morgan fingerprint density at radius 3 is 2.15 bits per heavy atom. The average molecular weight is 379 g/mol. The molecule has 1 fully saturated rings. The summed E-state index contributed by atoms with van der Waals surface area (Å²) in [6.07, 6.45) is 4.69. The molecule has 26 heavy (non-hydrogen) atoms. The zero-order valence-electron chi connectivity index (χ0n) is 14.2. The highest BCUT2D eigenvalue weighted by molar-refractivity contribution is 7.90. The number of aryl methyl sites for hydroxylation is 2. The number of carboxylic acid groups (broad SMARTS) is 1. The Balaban J connectivity index is 1.49. The fourth-order valence-electron chi connectivity index (χ4n) is 4.11. The van der Waals surface area contributed by atoms with Gasteiger partial charge in [0.15, 0.2) is 0 Å². The molecule has 0 bridgehead atoms. The number of hydrogen-bond acceptors (Lipinski definition) is 4. The summed E-state index contributed by atoms with van der Waals surface area (Å²) < 4.78 is 26.6. The Morgan fingerprint density at radius 2 is 1.62 bits per heavy atom. The summed E-state index contributed by atoms with van der Waals surface area (Å²) in [7, 11) is -3.90. The van der Waals surface area contributed by atoms with Crippen LogP contribution in [-0.4, -0.2) is 48.9 Å². The number of nitrogens with zero attached hydrogens (tertiary/aromatic N) is 1. The zero-order chi connectivity index (χ0) is 18.5. The van der Waals surface area contributed by atoms with Crippen molar-refractivity contribution in [2.24, 2.45) is 0 Å². The number of hydrogen-bond donors (Lipinski definition) is 3. The van der Waals surface area contributed by atoms with Crippen LogP contribution in [0.2, 0.25) is 0 Å². The summed E-state index contributed by atoms with van der Waals surface area (Å²) in [5.41, 5.74) is 5.53. The fraction of sp³-hybridized carbons (Fsp3) is 0.529. The van der Waals surface area contributed by atoms with E-state index in [-0.39, 0.29) is 13.1 Å². The highest BCUT2D eigenvalue weighted by atomic mass is 32.2. The van der Waals surface area contributed by atoms with Crippen LogP contribution >= 0.6 is 0 Å². The van der Waals surface area contributed by atoms with E-state index in [1.807, 2.05) is 0 Å². The predicted octanol–water partition coefficient (Wildman–Crippen LogP) is 1.48. The van der Waals surface area contributed by atoms with E-state index in [4.69, 9.17) is 5.11 Å². The maximum atomic E-state index is 12.4. The number of carbonyl (C=O) groups excluding carboxylic acids is 1. The van der Waals surface area contributed by atoms with Gasteiger partial charge in [-0.25, -0.2) is 22.7 Å². The van der Waals surface area contributed by atoms with E-state index in [1.165, 1.54) is 11.1 Å². The molecule has 3 N–H and O–H groups in total. The van der Waals surface area contributed by atoms with Gasteiger partial charge >= 0.3 is 12.1 Å². The summed E-state index contributed by atoms with van der Waals surface area (Å²) in [6, 6.07) is 1.47. The van der Waals surface area contributed by atoms with Gasteiger partial charge in [-0.05, 0) is 60.8 Å². The quantitative estimate of drug-likeness (QED) is 0.736. The molecule has 2 aliphatic carbocycles. The number of benzene rings is 1. The van der Waals surface area contributed by atoms with E-state index < -0.39 is 27.4 Å². The number of urea groups is 1. The predicted molar refractivity (Wildman–Crippen MR) is 95.0 cm³/mol. The maximum Gasteiger partial charge on any atom is 0.407 e. The molecule has 0 radical (unpaired) electrons. The summed E-state index contributed by atoms with van der Waals surface area (Å²) >= 11 is 0. The molecule has 1 saturated heterocycles. The first kappa shape index (κ1) is 17.1. The Morgan fingerprint density at radius 1 is 1.04 bits per heavy atom. The summed E-state index contributed by atoms with van der Waals surface area (Å²) in [6.45, 7) is -0.234. The molecule has 1 aromatic rings. The van der Waals surface area contributed by atoms with Crippen LogP contribution in [0.4, 0.5) is 15.3 Å². The third kappa shape index (κ3) is 2.90. The molecule has 0 aromatic heterocycles. The molecule has 140 valence electrons. The minimum absolute atomic E-state index is 0.117. The van der Waals surface area contributed by atoms with Crippen molar-refractivity contribution in [3.05, 3.63) is 28.3 Å². The van der Waals surface area contributed by atoms with Crippen LogP contribution in [0.3, 0.4) is 0 Å². The van der Waals surface area contributed by atoms with Gasteiger partial charge in [0.1, 0.15) is 5.25 Å². The molecule has 0 unspecified atom stereocenters. The number of anilines is 1. The van der Waals surface area contributed by atoms with Crippen LogP contribution in [0.15, 0.2) is 6.07 Å². The van der Waals surface area contributed by atoms with Crippen molar-refractivity contribution in [3.8, 4) is 0 Å². The lowest BCUT2D eigenvalue weighted by molar-refractivity contribution is 0.119. The molecule has 3 amide bonds. The van der Waals surface area contributed by atoms with Crippen molar-refractivity contribution in [1.82, 2.24) is 9.62 Å². The number of fused-ring (bicyclic) bond motifs is 2. The van der Waals surface area contributed by atoms with Gasteiger partial charge in [-0.2, -0.15) is 0 Å². The Kier molecular flexibility index (Phi) is 4.06. The molecular weight excluding hydrogens is 358 g/mol. The average Bonchev–Trinajstić information content (AvgIpc) is 3.12. The van der Waals surface area contributed by atoms with E-state index in [0.29, 0.717) is 0 Å². The van der Waals surface area contributed by atoms with Crippen LogP contribution in [0.1, 0.15) is 35.1 Å². The van der Waals surface area contributed by atoms with Crippen LogP contribution in [-0.2, 0) is 35.7 Å². The summed E-state index contributed by atoms with van der Waals surface area (Å²) in [4.78, 5) is 24.1. The lowest BCUT2D eigenvalue weighted by Crippen LogP contribution is -2.59. The summed E-state index contributed by atoms with van der Waals surface area (Å²) in [5, 5.41) is 10.7. The standard InChI is InChI=1S/C17H21N3O5S/c21-16(19-26(24,25)12-8-20(9-12)17(22)23)18-15-13-5-1-3-10(13)7-11-4-2-6-14(11)15/h7,12H,1-6,8-9H2,(H,22,23)(H2,18,19,21). The number of amides is 3. The van der Waals surface area contributed by atoms with Gasteiger partial charge in [-0.15, -0.1) is 0 Å². The van der Waals surface area contributed by atoms with E-state index >= 15 is 0 Å². The van der Waals surface area contributed by atoms with E-state index in [2.05, 4.69) is 16.1 Å². The molecule has 9 heteroatoms. The normalized spacial score (nSPS) is 18.8. The monoisotopic (exact) mass is 379 g/mol. The Bertz CT molecular complexity index is 858. The van der Waals surface area contributed by atoms with Crippen LogP contribution in [0.25, 0.3) is 0 Å². The minimum Gasteiger partial charge on any atom is -0.465 e. The second-order valence-corrected chi connectivity index (χ2v) is 9.11. The second kappa shape index (κ2) is 6.15. The topological polar surface area (TPSA) is 116 Å². The third-order valence-corrected chi connectivity index (χ3v) is 7.15. The molecule has 1 heterocycles. The van der Waals surface area contributed by atoms with Gasteiger partial charge < -0.3 is 15.3 Å². The first-order chi connectivity index (χ1) is 12.3. The largest absolute Gasteiger partial charge is 0.465 e. The molecule has 1 aliphatic heterocycles. The number of likely N-dealkylation sites (tertiary alicyclic amines) is 1. The van der Waals surface area contributed by atoms with Crippen molar-refractivity contribution in [2.45, 2.75) is 43.8 Å². The number of rotatable bonds is 3. The number of carbonyl (C=O) groups is 2. The maximum absolute atomic E-state index is 12.4. The SMILES string of the molecule is O=C(Nc1c2c(cc3c1CCC3)CCC2)NS(=O)(=O)C1CN(C(=O)O)C1. The molecule has 0 saturated carbocycles. The highest BCUT2D eigenvalue weighted by Crippen LogP contribution is 2.38. The highest BCUT2D eigenvalue weighted by Gasteiger charge is 2.40. The Hall–Kier alpha value is -2.29. The van der Waals surface area contributed by atoms with Gasteiger partial charge in [-0.3, -0.25) is 0 Å². The molecule has 0 atom stereocenters. The fourth-order valence-corrected chi connectivity index (χ4v) is 5.34. The molecule has 1 aromatic carbocycles. The first-order valence-electron chi connectivity index (χ1n) is 8.82. The van der Waals surface area contributed by atoms with Gasteiger partial charge in [0.05, 0.1) is 0 Å². The van der Waals surface area contributed by atoms with E-state index in [9.17, 15) is 18.0 Å². The molecule has 3 aliphatic rings. The lowest BCUT2D eigenvalue weighted by atomic mass is 9.99. The van der Waals surface area contributed by atoms with Gasteiger partial charge in [0, 0.05) is 18.8 Å². The lowest BCUT2D eigenvalue weighted by Gasteiger charge is -2.36. The van der Waals surface area contributed by atoms with Crippen molar-refractivity contribution in [3.63, 3.8) is 0 Å². The molecule has 8 nitrogen and oxygen atoms in total. The summed E-state index contributed by atoms with van der Waals surface area (Å²) in [5.74, 6) is 0.